The van der Waals surface area contributed by atoms with Crippen LogP contribution < -0.4 is 4.90 Å². The summed E-state index contributed by atoms with van der Waals surface area (Å²) in [4.78, 5) is 13.4. The average molecular weight is 257 g/mol. The van der Waals surface area contributed by atoms with Gasteiger partial charge in [-0.3, -0.25) is 4.79 Å². The normalized spacial score (nSPS) is 15.7. The first-order chi connectivity index (χ1) is 9.29. The van der Waals surface area contributed by atoms with Crippen molar-refractivity contribution >= 4 is 22.7 Å². The number of carbonyl (C=O) groups is 1. The summed E-state index contributed by atoms with van der Waals surface area (Å²) in [5.41, 5.74) is 1.41. The van der Waals surface area contributed by atoms with Gasteiger partial charge in [-0.25, -0.2) is 0 Å². The first-order valence-electron chi connectivity index (χ1n) is 6.33. The third kappa shape index (κ3) is 2.15. The first kappa shape index (κ1) is 12.0. The van der Waals surface area contributed by atoms with Crippen molar-refractivity contribution in [1.29, 1.82) is 0 Å². The Morgan fingerprint density at radius 2 is 1.89 bits per heavy atom. The summed E-state index contributed by atoms with van der Waals surface area (Å²) in [5, 5.41) is 11.5. The van der Waals surface area contributed by atoms with Crippen molar-refractivity contribution in [3.8, 4) is 5.75 Å². The molecule has 0 radical (unpaired) electrons. The molecule has 4 heteroatoms. The highest BCUT2D eigenvalue weighted by Gasteiger charge is 2.13. The van der Waals surface area contributed by atoms with Gasteiger partial charge in [0.05, 0.1) is 18.8 Å². The lowest BCUT2D eigenvalue weighted by Gasteiger charge is -2.29. The Balaban J connectivity index is 2.10. The zero-order chi connectivity index (χ0) is 13.2. The predicted octanol–water partition coefficient (Wildman–Crippen LogP) is 2.19. The Kier molecular flexibility index (Phi) is 3.09. The number of anilines is 1. The van der Waals surface area contributed by atoms with E-state index < -0.39 is 0 Å². The molecule has 98 valence electrons. The summed E-state index contributed by atoms with van der Waals surface area (Å²) in [6.07, 6.45) is 0.709. The van der Waals surface area contributed by atoms with Gasteiger partial charge in [0.15, 0.2) is 6.29 Å². The van der Waals surface area contributed by atoms with E-state index in [1.54, 1.807) is 6.07 Å². The second kappa shape index (κ2) is 4.90. The fraction of sp³-hybridized carbons (Fsp3) is 0.267. The smallest absolute Gasteiger partial charge is 0.154 e. The number of fused-ring (bicyclic) bond motifs is 1. The average Bonchev–Trinajstić information content (AvgIpc) is 2.47. The lowest BCUT2D eigenvalue weighted by Crippen LogP contribution is -2.36. The Morgan fingerprint density at radius 1 is 1.16 bits per heavy atom. The predicted molar refractivity (Wildman–Crippen MR) is 74.0 cm³/mol. The molecule has 0 saturated carbocycles. The SMILES string of the molecule is O=Cc1c(O)ccc2ccc(N3CCOCC3)cc12. The molecular weight excluding hydrogens is 242 g/mol. The maximum absolute atomic E-state index is 11.1. The van der Waals surface area contributed by atoms with Crippen LogP contribution in [0.15, 0.2) is 30.3 Å². The zero-order valence-electron chi connectivity index (χ0n) is 10.5. The van der Waals surface area contributed by atoms with E-state index in [0.717, 1.165) is 42.8 Å². The summed E-state index contributed by atoms with van der Waals surface area (Å²) in [5.74, 6) is 0.0293. The van der Waals surface area contributed by atoms with Crippen molar-refractivity contribution in [2.75, 3.05) is 31.2 Å². The molecule has 4 nitrogen and oxygen atoms in total. The highest BCUT2D eigenvalue weighted by atomic mass is 16.5. The van der Waals surface area contributed by atoms with Crippen LogP contribution in [0.1, 0.15) is 10.4 Å². The lowest BCUT2D eigenvalue weighted by molar-refractivity contribution is 0.112. The summed E-state index contributed by atoms with van der Waals surface area (Å²) in [6.45, 7) is 3.14. The van der Waals surface area contributed by atoms with Crippen LogP contribution in [0.4, 0.5) is 5.69 Å². The molecule has 1 aliphatic rings. The van der Waals surface area contributed by atoms with Crippen molar-refractivity contribution in [2.45, 2.75) is 0 Å². The molecule has 0 unspecified atom stereocenters. The van der Waals surface area contributed by atoms with Crippen LogP contribution in [0, 0.1) is 0 Å². The second-order valence-corrected chi connectivity index (χ2v) is 4.62. The molecule has 19 heavy (non-hydrogen) atoms. The van der Waals surface area contributed by atoms with Crippen LogP contribution in [-0.4, -0.2) is 37.7 Å². The molecule has 0 atom stereocenters. The van der Waals surface area contributed by atoms with E-state index in [9.17, 15) is 9.90 Å². The minimum absolute atomic E-state index is 0.0293. The highest BCUT2D eigenvalue weighted by Crippen LogP contribution is 2.29. The molecule has 0 amide bonds. The van der Waals surface area contributed by atoms with Crippen LogP contribution in [-0.2, 0) is 4.74 Å². The number of ether oxygens (including phenoxy) is 1. The fourth-order valence-corrected chi connectivity index (χ4v) is 2.46. The number of phenolic OH excluding ortho intramolecular Hbond substituents is 1. The Morgan fingerprint density at radius 3 is 2.63 bits per heavy atom. The molecule has 1 aliphatic heterocycles. The van der Waals surface area contributed by atoms with Gasteiger partial charge in [0.25, 0.3) is 0 Å². The van der Waals surface area contributed by atoms with E-state index in [1.165, 1.54) is 0 Å². The van der Waals surface area contributed by atoms with E-state index in [0.29, 0.717) is 11.8 Å². The van der Waals surface area contributed by atoms with Gasteiger partial charge < -0.3 is 14.7 Å². The van der Waals surface area contributed by atoms with Gasteiger partial charge in [0.2, 0.25) is 0 Å². The molecule has 3 rings (SSSR count). The Labute approximate surface area is 111 Å². The van der Waals surface area contributed by atoms with Gasteiger partial charge in [-0.15, -0.1) is 0 Å². The second-order valence-electron chi connectivity index (χ2n) is 4.62. The van der Waals surface area contributed by atoms with Crippen molar-refractivity contribution in [2.24, 2.45) is 0 Å². The molecule has 0 aromatic heterocycles. The third-order valence-electron chi connectivity index (χ3n) is 3.52. The molecule has 1 saturated heterocycles. The zero-order valence-corrected chi connectivity index (χ0v) is 10.5. The summed E-state index contributed by atoms with van der Waals surface area (Å²) in [7, 11) is 0. The first-order valence-corrected chi connectivity index (χ1v) is 6.33. The van der Waals surface area contributed by atoms with Gasteiger partial charge in [-0.05, 0) is 29.0 Å². The monoisotopic (exact) mass is 257 g/mol. The maximum atomic E-state index is 11.1. The van der Waals surface area contributed by atoms with Crippen LogP contribution >= 0.6 is 0 Å². The quantitative estimate of drug-likeness (QED) is 0.838. The summed E-state index contributed by atoms with van der Waals surface area (Å²) in [6, 6.07) is 9.36. The largest absolute Gasteiger partial charge is 0.507 e. The van der Waals surface area contributed by atoms with Crippen molar-refractivity contribution in [3.05, 3.63) is 35.9 Å². The van der Waals surface area contributed by atoms with Gasteiger partial charge in [0, 0.05) is 18.8 Å². The van der Waals surface area contributed by atoms with Crippen molar-refractivity contribution < 1.29 is 14.6 Å². The number of hydrogen-bond donors (Lipinski definition) is 1. The Bertz CT molecular complexity index is 618. The molecule has 2 aromatic rings. The van der Waals surface area contributed by atoms with Crippen molar-refractivity contribution in [1.82, 2.24) is 0 Å². The molecule has 0 bridgehead atoms. The molecule has 2 aromatic carbocycles. The van der Waals surface area contributed by atoms with Gasteiger partial charge in [0.1, 0.15) is 5.75 Å². The van der Waals surface area contributed by atoms with E-state index >= 15 is 0 Å². The number of phenols is 1. The fourth-order valence-electron chi connectivity index (χ4n) is 2.46. The number of benzene rings is 2. The number of carbonyl (C=O) groups excluding carboxylic acids is 1. The van der Waals surface area contributed by atoms with E-state index in [-0.39, 0.29) is 5.75 Å². The number of morpholine rings is 1. The van der Waals surface area contributed by atoms with E-state index in [2.05, 4.69) is 4.90 Å². The molecular formula is C15H15NO3. The van der Waals surface area contributed by atoms with Gasteiger partial charge in [-0.1, -0.05) is 12.1 Å². The van der Waals surface area contributed by atoms with Gasteiger partial charge in [-0.2, -0.15) is 0 Å². The Hall–Kier alpha value is -2.07. The lowest BCUT2D eigenvalue weighted by atomic mass is 10.0. The third-order valence-corrected chi connectivity index (χ3v) is 3.52. The molecule has 1 fully saturated rings. The standard InChI is InChI=1S/C15H15NO3/c17-10-14-13-9-12(16-5-7-19-8-6-16)3-1-11(13)2-4-15(14)18/h1-4,9-10,18H,5-8H2. The maximum Gasteiger partial charge on any atom is 0.154 e. The van der Waals surface area contributed by atoms with Gasteiger partial charge >= 0.3 is 0 Å². The van der Waals surface area contributed by atoms with E-state index in [1.807, 2.05) is 24.3 Å². The van der Waals surface area contributed by atoms with Crippen molar-refractivity contribution in [3.63, 3.8) is 0 Å². The number of rotatable bonds is 2. The highest BCUT2D eigenvalue weighted by molar-refractivity contribution is 6.02. The van der Waals surface area contributed by atoms with Crippen LogP contribution in [0.25, 0.3) is 10.8 Å². The number of hydrogen-bond acceptors (Lipinski definition) is 4. The minimum Gasteiger partial charge on any atom is -0.507 e. The van der Waals surface area contributed by atoms with Crippen LogP contribution in [0.2, 0.25) is 0 Å². The molecule has 0 spiro atoms. The number of aldehydes is 1. The molecule has 1 heterocycles. The molecule has 0 aliphatic carbocycles. The number of aromatic hydroxyl groups is 1. The summed E-state index contributed by atoms with van der Waals surface area (Å²) < 4.78 is 5.33. The van der Waals surface area contributed by atoms with Crippen LogP contribution in [0.5, 0.6) is 5.75 Å². The van der Waals surface area contributed by atoms with E-state index in [4.69, 9.17) is 4.74 Å². The topological polar surface area (TPSA) is 49.8 Å². The van der Waals surface area contributed by atoms with Crippen LogP contribution in [0.3, 0.4) is 0 Å². The molecule has 1 N–H and O–H groups in total. The summed E-state index contributed by atoms with van der Waals surface area (Å²) >= 11 is 0. The number of nitrogens with zero attached hydrogens (tertiary/aromatic N) is 1. The minimum atomic E-state index is 0.0293.